The fraction of sp³-hybridized carbons (Fsp3) is 0.286. The summed E-state index contributed by atoms with van der Waals surface area (Å²) >= 11 is 0. The minimum atomic E-state index is -0.254. The van der Waals surface area contributed by atoms with Crippen LogP contribution in [0.4, 0.5) is 5.69 Å². The minimum Gasteiger partial charge on any atom is -0.336 e. The Labute approximate surface area is 157 Å². The lowest BCUT2D eigenvalue weighted by atomic mass is 10.1. The number of anilines is 1. The molecule has 0 unspecified atom stereocenters. The Bertz CT molecular complexity index is 1060. The Balaban J connectivity index is 1.80. The zero-order valence-electron chi connectivity index (χ0n) is 15.5. The number of hydrogen-bond donors (Lipinski definition) is 2. The molecule has 0 aliphatic rings. The lowest BCUT2D eigenvalue weighted by Crippen LogP contribution is -2.34. The predicted octanol–water partition coefficient (Wildman–Crippen LogP) is 3.27. The van der Waals surface area contributed by atoms with E-state index in [1.165, 1.54) is 4.90 Å². The maximum atomic E-state index is 12.3. The van der Waals surface area contributed by atoms with Crippen molar-refractivity contribution in [1.29, 1.82) is 0 Å². The summed E-state index contributed by atoms with van der Waals surface area (Å²) in [4.78, 5) is 40.7. The van der Waals surface area contributed by atoms with Crippen molar-refractivity contribution in [3.63, 3.8) is 0 Å². The van der Waals surface area contributed by atoms with Gasteiger partial charge in [-0.05, 0) is 36.1 Å². The van der Waals surface area contributed by atoms with Gasteiger partial charge in [0.2, 0.25) is 11.8 Å². The van der Waals surface area contributed by atoms with Crippen molar-refractivity contribution in [2.45, 2.75) is 26.2 Å². The van der Waals surface area contributed by atoms with Crippen LogP contribution in [0.1, 0.15) is 26.2 Å². The van der Waals surface area contributed by atoms with Gasteiger partial charge in [0.1, 0.15) is 0 Å². The molecular formula is C21H23N3O3. The molecular weight excluding hydrogens is 342 g/mol. The number of aromatic nitrogens is 1. The number of benzene rings is 2. The highest BCUT2D eigenvalue weighted by Gasteiger charge is 2.13. The average molecular weight is 365 g/mol. The van der Waals surface area contributed by atoms with Gasteiger partial charge in [-0.3, -0.25) is 14.4 Å². The van der Waals surface area contributed by atoms with Gasteiger partial charge in [0.15, 0.2) is 0 Å². The van der Waals surface area contributed by atoms with E-state index in [0.29, 0.717) is 23.0 Å². The number of rotatable bonds is 6. The zero-order chi connectivity index (χ0) is 19.4. The highest BCUT2D eigenvalue weighted by molar-refractivity contribution is 6.07. The monoisotopic (exact) mass is 365 g/mol. The largest absolute Gasteiger partial charge is 0.336 e. The lowest BCUT2D eigenvalue weighted by molar-refractivity contribution is -0.133. The van der Waals surface area contributed by atoms with Crippen LogP contribution in [0.15, 0.2) is 47.3 Å². The molecule has 2 amide bonds. The number of nitrogens with one attached hydrogen (secondary N) is 2. The van der Waals surface area contributed by atoms with Crippen molar-refractivity contribution >= 4 is 39.2 Å². The van der Waals surface area contributed by atoms with Crippen LogP contribution in [-0.4, -0.2) is 35.3 Å². The van der Waals surface area contributed by atoms with Crippen molar-refractivity contribution in [2.75, 3.05) is 18.9 Å². The molecule has 3 rings (SSSR count). The topological polar surface area (TPSA) is 82.3 Å². The number of likely N-dealkylation sites (N-methyl/N-ethyl adjacent to an activating group) is 1. The van der Waals surface area contributed by atoms with Gasteiger partial charge in [0.25, 0.3) is 5.56 Å². The highest BCUT2D eigenvalue weighted by Crippen LogP contribution is 2.24. The Hall–Kier alpha value is -3.15. The van der Waals surface area contributed by atoms with E-state index >= 15 is 0 Å². The average Bonchev–Trinajstić information content (AvgIpc) is 2.66. The summed E-state index contributed by atoms with van der Waals surface area (Å²) in [6, 6.07) is 12.7. The van der Waals surface area contributed by atoms with E-state index in [2.05, 4.69) is 10.3 Å². The number of nitrogens with zero attached hydrogens (tertiary/aromatic N) is 1. The van der Waals surface area contributed by atoms with Crippen LogP contribution in [0.5, 0.6) is 0 Å². The number of pyridine rings is 1. The first-order valence-corrected chi connectivity index (χ1v) is 9.08. The van der Waals surface area contributed by atoms with E-state index < -0.39 is 0 Å². The van der Waals surface area contributed by atoms with Crippen LogP contribution in [-0.2, 0) is 9.59 Å². The SMILES string of the molecule is CCCCC(=O)N(C)CC(=O)Nc1ccc2[nH]c(=O)c3ccccc3c2c1. The van der Waals surface area contributed by atoms with E-state index in [0.717, 1.165) is 23.6 Å². The molecule has 0 aliphatic heterocycles. The van der Waals surface area contributed by atoms with Gasteiger partial charge in [-0.1, -0.05) is 31.5 Å². The molecule has 0 bridgehead atoms. The maximum Gasteiger partial charge on any atom is 0.256 e. The molecule has 0 spiro atoms. The van der Waals surface area contributed by atoms with E-state index in [-0.39, 0.29) is 23.9 Å². The number of fused-ring (bicyclic) bond motifs is 3. The smallest absolute Gasteiger partial charge is 0.256 e. The zero-order valence-corrected chi connectivity index (χ0v) is 15.5. The summed E-state index contributed by atoms with van der Waals surface area (Å²) in [6.07, 6.45) is 2.22. The van der Waals surface area contributed by atoms with Crippen LogP contribution in [0, 0.1) is 0 Å². The number of aromatic amines is 1. The number of H-pyrrole nitrogens is 1. The molecule has 0 radical (unpaired) electrons. The minimum absolute atomic E-state index is 0.00690. The number of amides is 2. The maximum absolute atomic E-state index is 12.3. The molecule has 1 aromatic heterocycles. The van der Waals surface area contributed by atoms with Crippen molar-refractivity contribution in [2.24, 2.45) is 0 Å². The molecule has 0 atom stereocenters. The summed E-state index contributed by atoms with van der Waals surface area (Å²) in [5.41, 5.74) is 1.20. The summed E-state index contributed by atoms with van der Waals surface area (Å²) in [7, 11) is 1.64. The van der Waals surface area contributed by atoms with Crippen molar-refractivity contribution < 1.29 is 9.59 Å². The molecule has 2 N–H and O–H groups in total. The molecule has 3 aromatic rings. The summed E-state index contributed by atoms with van der Waals surface area (Å²) in [5.74, 6) is -0.287. The Morgan fingerprint density at radius 1 is 1.07 bits per heavy atom. The van der Waals surface area contributed by atoms with Crippen molar-refractivity contribution in [1.82, 2.24) is 9.88 Å². The Kier molecular flexibility index (Phi) is 5.54. The lowest BCUT2D eigenvalue weighted by Gasteiger charge is -2.17. The molecule has 6 nitrogen and oxygen atoms in total. The first kappa shape index (κ1) is 18.6. The molecule has 2 aromatic carbocycles. The van der Waals surface area contributed by atoms with Crippen LogP contribution >= 0.6 is 0 Å². The first-order valence-electron chi connectivity index (χ1n) is 9.08. The standard InChI is InChI=1S/C21H23N3O3/c1-3-4-9-20(26)24(2)13-19(25)22-14-10-11-18-17(12-14)15-7-5-6-8-16(15)21(27)23-18/h5-8,10-12H,3-4,9,13H2,1-2H3,(H,22,25)(H,23,27). The van der Waals surface area contributed by atoms with Gasteiger partial charge in [-0.2, -0.15) is 0 Å². The molecule has 0 saturated heterocycles. The van der Waals surface area contributed by atoms with Gasteiger partial charge in [0.05, 0.1) is 6.54 Å². The number of unbranched alkanes of at least 4 members (excludes halogenated alkanes) is 1. The number of hydrogen-bond acceptors (Lipinski definition) is 3. The quantitative estimate of drug-likeness (QED) is 0.658. The second kappa shape index (κ2) is 8.03. The number of carbonyl (C=O) groups is 2. The van der Waals surface area contributed by atoms with Gasteiger partial charge in [0, 0.05) is 35.4 Å². The van der Waals surface area contributed by atoms with Crippen LogP contribution in [0.2, 0.25) is 0 Å². The molecule has 0 saturated carbocycles. The molecule has 1 heterocycles. The third kappa shape index (κ3) is 4.16. The Morgan fingerprint density at radius 3 is 2.56 bits per heavy atom. The summed E-state index contributed by atoms with van der Waals surface area (Å²) < 4.78 is 0. The van der Waals surface area contributed by atoms with E-state index in [9.17, 15) is 14.4 Å². The van der Waals surface area contributed by atoms with Crippen LogP contribution in [0.25, 0.3) is 21.7 Å². The predicted molar refractivity (Wildman–Crippen MR) is 108 cm³/mol. The molecule has 6 heteroatoms. The molecule has 140 valence electrons. The highest BCUT2D eigenvalue weighted by atomic mass is 16.2. The van der Waals surface area contributed by atoms with E-state index in [1.54, 1.807) is 25.2 Å². The van der Waals surface area contributed by atoms with Gasteiger partial charge < -0.3 is 15.2 Å². The van der Waals surface area contributed by atoms with Gasteiger partial charge >= 0.3 is 0 Å². The second-order valence-corrected chi connectivity index (χ2v) is 6.66. The Morgan fingerprint density at radius 2 is 1.81 bits per heavy atom. The molecule has 0 aliphatic carbocycles. The number of carbonyl (C=O) groups excluding carboxylic acids is 2. The van der Waals surface area contributed by atoms with E-state index in [1.807, 2.05) is 31.2 Å². The summed E-state index contributed by atoms with van der Waals surface area (Å²) in [6.45, 7) is 2.03. The van der Waals surface area contributed by atoms with Gasteiger partial charge in [-0.15, -0.1) is 0 Å². The summed E-state index contributed by atoms with van der Waals surface area (Å²) in [5, 5.41) is 5.13. The molecule has 0 fully saturated rings. The third-order valence-electron chi connectivity index (χ3n) is 4.56. The second-order valence-electron chi connectivity index (χ2n) is 6.66. The first-order chi connectivity index (χ1) is 13.0. The normalized spacial score (nSPS) is 10.9. The van der Waals surface area contributed by atoms with Crippen molar-refractivity contribution in [3.8, 4) is 0 Å². The van der Waals surface area contributed by atoms with Crippen molar-refractivity contribution in [3.05, 3.63) is 52.8 Å². The fourth-order valence-electron chi connectivity index (χ4n) is 3.08. The third-order valence-corrected chi connectivity index (χ3v) is 4.56. The van der Waals surface area contributed by atoms with Crippen LogP contribution < -0.4 is 10.9 Å². The molecule has 27 heavy (non-hydrogen) atoms. The van der Waals surface area contributed by atoms with Crippen LogP contribution in [0.3, 0.4) is 0 Å². The van der Waals surface area contributed by atoms with E-state index in [4.69, 9.17) is 0 Å². The van der Waals surface area contributed by atoms with Gasteiger partial charge in [-0.25, -0.2) is 0 Å². The fourth-order valence-corrected chi connectivity index (χ4v) is 3.08.